The zero-order chi connectivity index (χ0) is 19.6. The lowest BCUT2D eigenvalue weighted by molar-refractivity contribution is -0.116. The SMILES string of the molecule is CCNC(=O)c1cccc(CNC(=O)/C=C/c2ccc(OC)c(OC)c2)c1. The number of benzene rings is 2. The number of ether oxygens (including phenoxy) is 2. The highest BCUT2D eigenvalue weighted by Crippen LogP contribution is 2.27. The predicted octanol–water partition coefficient (Wildman–Crippen LogP) is 2.78. The van der Waals surface area contributed by atoms with Gasteiger partial charge in [-0.2, -0.15) is 0 Å². The molecular formula is C21H24N2O4. The molecule has 0 radical (unpaired) electrons. The topological polar surface area (TPSA) is 76.7 Å². The lowest BCUT2D eigenvalue weighted by Gasteiger charge is -2.08. The minimum absolute atomic E-state index is 0.126. The summed E-state index contributed by atoms with van der Waals surface area (Å²) in [6.07, 6.45) is 3.15. The summed E-state index contributed by atoms with van der Waals surface area (Å²) in [5.74, 6) is 0.876. The maximum Gasteiger partial charge on any atom is 0.251 e. The highest BCUT2D eigenvalue weighted by atomic mass is 16.5. The molecule has 0 aromatic heterocycles. The number of methoxy groups -OCH3 is 2. The monoisotopic (exact) mass is 368 g/mol. The summed E-state index contributed by atoms with van der Waals surface area (Å²) in [5.41, 5.74) is 2.25. The minimum Gasteiger partial charge on any atom is -0.493 e. The maximum absolute atomic E-state index is 12.1. The second-order valence-corrected chi connectivity index (χ2v) is 5.73. The molecule has 0 saturated heterocycles. The molecule has 6 heteroatoms. The first-order valence-electron chi connectivity index (χ1n) is 8.62. The Hall–Kier alpha value is -3.28. The Morgan fingerprint density at radius 3 is 2.48 bits per heavy atom. The predicted molar refractivity (Wildman–Crippen MR) is 105 cm³/mol. The van der Waals surface area contributed by atoms with Gasteiger partial charge in [-0.1, -0.05) is 18.2 Å². The fraction of sp³-hybridized carbons (Fsp3) is 0.238. The first-order valence-corrected chi connectivity index (χ1v) is 8.62. The molecule has 0 heterocycles. The molecular weight excluding hydrogens is 344 g/mol. The van der Waals surface area contributed by atoms with Crippen molar-refractivity contribution in [2.45, 2.75) is 13.5 Å². The van der Waals surface area contributed by atoms with Crippen LogP contribution in [-0.2, 0) is 11.3 Å². The first-order chi connectivity index (χ1) is 13.1. The lowest BCUT2D eigenvalue weighted by Crippen LogP contribution is -2.23. The molecule has 0 aliphatic rings. The third kappa shape index (κ3) is 5.88. The summed E-state index contributed by atoms with van der Waals surface area (Å²) in [7, 11) is 3.13. The molecule has 0 fully saturated rings. The second kappa shape index (κ2) is 10.0. The summed E-state index contributed by atoms with van der Waals surface area (Å²) in [6.45, 7) is 2.77. The van der Waals surface area contributed by atoms with Crippen LogP contribution in [0.4, 0.5) is 0 Å². The van der Waals surface area contributed by atoms with Gasteiger partial charge in [0.25, 0.3) is 5.91 Å². The van der Waals surface area contributed by atoms with Crippen molar-refractivity contribution < 1.29 is 19.1 Å². The molecule has 0 saturated carbocycles. The van der Waals surface area contributed by atoms with Gasteiger partial charge >= 0.3 is 0 Å². The van der Waals surface area contributed by atoms with Crippen molar-refractivity contribution >= 4 is 17.9 Å². The van der Waals surface area contributed by atoms with Crippen LogP contribution in [0.25, 0.3) is 6.08 Å². The lowest BCUT2D eigenvalue weighted by atomic mass is 10.1. The molecule has 2 N–H and O–H groups in total. The zero-order valence-electron chi connectivity index (χ0n) is 15.7. The Balaban J connectivity index is 1.95. The van der Waals surface area contributed by atoms with E-state index in [0.717, 1.165) is 11.1 Å². The normalized spacial score (nSPS) is 10.5. The maximum atomic E-state index is 12.1. The van der Waals surface area contributed by atoms with E-state index in [4.69, 9.17) is 9.47 Å². The van der Waals surface area contributed by atoms with E-state index >= 15 is 0 Å². The Kier molecular flexibility index (Phi) is 7.43. The average Bonchev–Trinajstić information content (AvgIpc) is 2.70. The van der Waals surface area contributed by atoms with Crippen LogP contribution in [-0.4, -0.2) is 32.6 Å². The Morgan fingerprint density at radius 1 is 1.00 bits per heavy atom. The second-order valence-electron chi connectivity index (χ2n) is 5.73. The summed E-state index contributed by atoms with van der Waals surface area (Å²) in [5, 5.41) is 5.56. The standard InChI is InChI=1S/C21H24N2O4/c1-4-22-21(25)17-7-5-6-16(12-17)14-23-20(24)11-9-15-8-10-18(26-2)19(13-15)27-3/h5-13H,4,14H2,1-3H3,(H,22,25)(H,23,24)/b11-9+. The van der Waals surface area contributed by atoms with Crippen LogP contribution >= 0.6 is 0 Å². The van der Waals surface area contributed by atoms with Crippen LogP contribution in [0.15, 0.2) is 48.5 Å². The largest absolute Gasteiger partial charge is 0.493 e. The van der Waals surface area contributed by atoms with E-state index in [1.165, 1.54) is 6.08 Å². The van der Waals surface area contributed by atoms with Crippen molar-refractivity contribution in [3.63, 3.8) is 0 Å². The van der Waals surface area contributed by atoms with E-state index in [-0.39, 0.29) is 11.8 Å². The van der Waals surface area contributed by atoms with E-state index in [2.05, 4.69) is 10.6 Å². The molecule has 27 heavy (non-hydrogen) atoms. The molecule has 0 aliphatic heterocycles. The Morgan fingerprint density at radius 2 is 1.78 bits per heavy atom. The zero-order valence-corrected chi connectivity index (χ0v) is 15.7. The van der Waals surface area contributed by atoms with E-state index in [1.807, 2.05) is 19.1 Å². The van der Waals surface area contributed by atoms with Crippen molar-refractivity contribution in [2.24, 2.45) is 0 Å². The molecule has 2 rings (SSSR count). The minimum atomic E-state index is -0.229. The van der Waals surface area contributed by atoms with Crippen LogP contribution in [0.3, 0.4) is 0 Å². The van der Waals surface area contributed by atoms with Crippen LogP contribution in [0.5, 0.6) is 11.5 Å². The number of amides is 2. The van der Waals surface area contributed by atoms with E-state index in [0.29, 0.717) is 30.2 Å². The number of hydrogen-bond acceptors (Lipinski definition) is 4. The molecule has 2 amide bonds. The highest BCUT2D eigenvalue weighted by molar-refractivity contribution is 5.94. The number of carbonyl (C=O) groups excluding carboxylic acids is 2. The van der Waals surface area contributed by atoms with Crippen molar-refractivity contribution in [3.8, 4) is 11.5 Å². The van der Waals surface area contributed by atoms with Crippen LogP contribution in [0, 0.1) is 0 Å². The van der Waals surface area contributed by atoms with E-state index in [9.17, 15) is 9.59 Å². The summed E-state index contributed by atoms with van der Waals surface area (Å²) >= 11 is 0. The molecule has 0 spiro atoms. The Bertz CT molecular complexity index is 831. The van der Waals surface area contributed by atoms with Gasteiger partial charge in [-0.3, -0.25) is 9.59 Å². The fourth-order valence-electron chi connectivity index (χ4n) is 2.46. The summed E-state index contributed by atoms with van der Waals surface area (Å²) in [4.78, 5) is 23.9. The third-order valence-electron chi connectivity index (χ3n) is 3.83. The summed E-state index contributed by atoms with van der Waals surface area (Å²) < 4.78 is 10.4. The van der Waals surface area contributed by atoms with Gasteiger partial charge in [0, 0.05) is 24.7 Å². The molecule has 0 bridgehead atoms. The van der Waals surface area contributed by atoms with Gasteiger partial charge < -0.3 is 20.1 Å². The van der Waals surface area contributed by atoms with Crippen molar-refractivity contribution in [1.82, 2.24) is 10.6 Å². The van der Waals surface area contributed by atoms with Crippen LogP contribution < -0.4 is 20.1 Å². The number of nitrogens with one attached hydrogen (secondary N) is 2. The molecule has 2 aromatic rings. The smallest absolute Gasteiger partial charge is 0.251 e. The van der Waals surface area contributed by atoms with Crippen molar-refractivity contribution in [2.75, 3.05) is 20.8 Å². The quantitative estimate of drug-likeness (QED) is 0.703. The van der Waals surface area contributed by atoms with Gasteiger partial charge in [-0.25, -0.2) is 0 Å². The first kappa shape index (κ1) is 20.0. The molecule has 0 atom stereocenters. The van der Waals surface area contributed by atoms with Gasteiger partial charge in [0.15, 0.2) is 11.5 Å². The van der Waals surface area contributed by atoms with Gasteiger partial charge in [0.2, 0.25) is 5.91 Å². The molecule has 0 aliphatic carbocycles. The van der Waals surface area contributed by atoms with E-state index in [1.54, 1.807) is 50.6 Å². The van der Waals surface area contributed by atoms with E-state index < -0.39 is 0 Å². The van der Waals surface area contributed by atoms with Crippen LogP contribution in [0.1, 0.15) is 28.4 Å². The number of hydrogen-bond donors (Lipinski definition) is 2. The molecule has 2 aromatic carbocycles. The van der Waals surface area contributed by atoms with Crippen molar-refractivity contribution in [3.05, 3.63) is 65.2 Å². The molecule has 0 unspecified atom stereocenters. The number of rotatable bonds is 8. The molecule has 142 valence electrons. The third-order valence-corrected chi connectivity index (χ3v) is 3.83. The van der Waals surface area contributed by atoms with Gasteiger partial charge in [0.1, 0.15) is 0 Å². The number of carbonyl (C=O) groups is 2. The Labute approximate surface area is 159 Å². The van der Waals surface area contributed by atoms with Gasteiger partial charge in [-0.05, 0) is 48.4 Å². The summed E-state index contributed by atoms with van der Waals surface area (Å²) in [6, 6.07) is 12.6. The van der Waals surface area contributed by atoms with Gasteiger partial charge in [-0.15, -0.1) is 0 Å². The van der Waals surface area contributed by atoms with Crippen molar-refractivity contribution in [1.29, 1.82) is 0 Å². The fourth-order valence-corrected chi connectivity index (χ4v) is 2.46. The van der Waals surface area contributed by atoms with Gasteiger partial charge in [0.05, 0.1) is 14.2 Å². The average molecular weight is 368 g/mol. The van der Waals surface area contributed by atoms with Crippen LogP contribution in [0.2, 0.25) is 0 Å². The molecule has 6 nitrogen and oxygen atoms in total. The highest BCUT2D eigenvalue weighted by Gasteiger charge is 2.06.